The van der Waals surface area contributed by atoms with Crippen molar-refractivity contribution in [3.63, 3.8) is 0 Å². The predicted octanol–water partition coefficient (Wildman–Crippen LogP) is 3.56. The number of nitrogens with zero attached hydrogens (tertiary/aromatic N) is 2. The van der Waals surface area contributed by atoms with Crippen molar-refractivity contribution in [3.05, 3.63) is 111 Å². The van der Waals surface area contributed by atoms with E-state index in [0.29, 0.717) is 28.8 Å². The molecule has 0 saturated heterocycles. The average Bonchev–Trinajstić information content (AvgIpc) is 2.80. The van der Waals surface area contributed by atoms with Crippen LogP contribution in [0.5, 0.6) is 0 Å². The van der Waals surface area contributed by atoms with E-state index in [9.17, 15) is 14.4 Å². The van der Waals surface area contributed by atoms with Gasteiger partial charge in [0.25, 0.3) is 0 Å². The Bertz CT molecular complexity index is 1360. The van der Waals surface area contributed by atoms with E-state index in [1.165, 1.54) is 6.20 Å². The van der Waals surface area contributed by atoms with Crippen LogP contribution in [0.4, 0.5) is 0 Å². The third-order valence-electron chi connectivity index (χ3n) is 5.27. The van der Waals surface area contributed by atoms with Crippen molar-refractivity contribution in [2.45, 2.75) is 26.9 Å². The molecule has 2 aromatic carbocycles. The number of hydrogen-bond acceptors (Lipinski definition) is 4. The van der Waals surface area contributed by atoms with Crippen molar-refractivity contribution in [1.29, 1.82) is 0 Å². The van der Waals surface area contributed by atoms with Crippen LogP contribution in [0.2, 0.25) is 0 Å². The minimum atomic E-state index is -0.391. The molecule has 4 aromatic rings. The van der Waals surface area contributed by atoms with Crippen LogP contribution < -0.4 is 10.7 Å². The summed E-state index contributed by atoms with van der Waals surface area (Å²) in [5.41, 5.74) is 3.27. The zero-order valence-electron chi connectivity index (χ0n) is 18.0. The number of hydrogen-bond donors (Lipinski definition) is 1. The van der Waals surface area contributed by atoms with E-state index in [2.05, 4.69) is 10.3 Å². The molecule has 0 bridgehead atoms. The minimum Gasteiger partial charge on any atom is -0.350 e. The lowest BCUT2D eigenvalue weighted by Crippen LogP contribution is -2.29. The molecule has 0 fully saturated rings. The number of rotatable bonds is 6. The van der Waals surface area contributed by atoms with Gasteiger partial charge in [0.05, 0.1) is 10.9 Å². The van der Waals surface area contributed by atoms with Crippen LogP contribution in [0.15, 0.2) is 77.7 Å². The monoisotopic (exact) mass is 425 g/mol. The Morgan fingerprint density at radius 1 is 0.938 bits per heavy atom. The fourth-order valence-electron chi connectivity index (χ4n) is 3.50. The topological polar surface area (TPSA) is 81.1 Å². The molecule has 6 heteroatoms. The zero-order valence-corrected chi connectivity index (χ0v) is 18.0. The van der Waals surface area contributed by atoms with Gasteiger partial charge in [-0.2, -0.15) is 0 Å². The molecule has 0 unspecified atom stereocenters. The van der Waals surface area contributed by atoms with Gasteiger partial charge in [-0.25, -0.2) is 4.98 Å². The fraction of sp³-hybridized carbons (Fsp3) is 0.154. The van der Waals surface area contributed by atoms with Crippen LogP contribution in [-0.2, 0) is 17.9 Å². The van der Waals surface area contributed by atoms with E-state index in [1.807, 2.05) is 38.1 Å². The first-order valence-electron chi connectivity index (χ1n) is 10.3. The van der Waals surface area contributed by atoms with Crippen LogP contribution in [0.1, 0.15) is 32.7 Å². The SMILES string of the molecule is Cc1ccc(CNC(=O)Cn2cc(C(=O)c3ccccc3)c(=O)c3ccc(C)nc32)cc1. The Hall–Kier alpha value is -4.06. The summed E-state index contributed by atoms with van der Waals surface area (Å²) in [5.74, 6) is -0.621. The standard InChI is InChI=1S/C26H23N3O3/c1-17-8-11-19(12-9-17)14-27-23(30)16-29-15-22(24(31)20-6-4-3-5-7-20)25(32)21-13-10-18(2)28-26(21)29/h3-13,15H,14,16H2,1-2H3,(H,27,30). The molecule has 4 rings (SSSR count). The van der Waals surface area contributed by atoms with Crippen LogP contribution in [-0.4, -0.2) is 21.2 Å². The number of nitrogens with one attached hydrogen (secondary N) is 1. The molecule has 2 heterocycles. The number of ketones is 1. The van der Waals surface area contributed by atoms with Crippen LogP contribution in [0, 0.1) is 13.8 Å². The summed E-state index contributed by atoms with van der Waals surface area (Å²) in [4.78, 5) is 43.2. The Morgan fingerprint density at radius 2 is 1.66 bits per heavy atom. The van der Waals surface area contributed by atoms with E-state index in [-0.39, 0.29) is 23.8 Å². The van der Waals surface area contributed by atoms with Crippen LogP contribution >= 0.6 is 0 Å². The molecule has 0 saturated carbocycles. The molecule has 0 aliphatic rings. The molecule has 0 aliphatic heterocycles. The van der Waals surface area contributed by atoms with Gasteiger partial charge in [0.15, 0.2) is 5.78 Å². The van der Waals surface area contributed by atoms with E-state index < -0.39 is 5.43 Å². The molecule has 0 radical (unpaired) electrons. The van der Waals surface area contributed by atoms with E-state index in [0.717, 1.165) is 11.1 Å². The summed E-state index contributed by atoms with van der Waals surface area (Å²) < 4.78 is 1.57. The molecular weight excluding hydrogens is 402 g/mol. The highest BCUT2D eigenvalue weighted by molar-refractivity contribution is 6.10. The minimum absolute atomic E-state index is 0.0145. The Balaban J connectivity index is 1.67. The first kappa shape index (κ1) is 21.2. The summed E-state index contributed by atoms with van der Waals surface area (Å²) in [6.45, 7) is 4.15. The first-order chi connectivity index (χ1) is 15.4. The second kappa shape index (κ2) is 8.98. The maximum atomic E-state index is 13.1. The number of pyridine rings is 2. The molecular formula is C26H23N3O3. The Labute approximate surface area is 185 Å². The number of benzene rings is 2. The molecule has 1 N–H and O–H groups in total. The summed E-state index contributed by atoms with van der Waals surface area (Å²) in [6, 6.07) is 19.9. The summed E-state index contributed by atoms with van der Waals surface area (Å²) in [7, 11) is 0. The highest BCUT2D eigenvalue weighted by atomic mass is 16.2. The highest BCUT2D eigenvalue weighted by Gasteiger charge is 2.19. The van der Waals surface area contributed by atoms with Crippen molar-refractivity contribution < 1.29 is 9.59 Å². The van der Waals surface area contributed by atoms with Gasteiger partial charge in [-0.3, -0.25) is 14.4 Å². The van der Waals surface area contributed by atoms with Gasteiger partial charge in [0.2, 0.25) is 11.3 Å². The number of fused-ring (bicyclic) bond motifs is 1. The molecule has 2 aromatic heterocycles. The lowest BCUT2D eigenvalue weighted by molar-refractivity contribution is -0.121. The third-order valence-corrected chi connectivity index (χ3v) is 5.27. The van der Waals surface area contributed by atoms with Gasteiger partial charge in [0, 0.05) is 24.0 Å². The van der Waals surface area contributed by atoms with E-state index in [1.54, 1.807) is 47.0 Å². The van der Waals surface area contributed by atoms with Gasteiger partial charge >= 0.3 is 0 Å². The number of carbonyl (C=O) groups is 2. The van der Waals surface area contributed by atoms with Crippen molar-refractivity contribution in [1.82, 2.24) is 14.9 Å². The lowest BCUT2D eigenvalue weighted by Gasteiger charge is -2.13. The predicted molar refractivity (Wildman–Crippen MR) is 124 cm³/mol. The number of carbonyl (C=O) groups excluding carboxylic acids is 2. The smallest absolute Gasteiger partial charge is 0.240 e. The average molecular weight is 425 g/mol. The first-order valence-corrected chi connectivity index (χ1v) is 10.3. The summed E-state index contributed by atoms with van der Waals surface area (Å²) in [6.07, 6.45) is 1.44. The van der Waals surface area contributed by atoms with Crippen molar-refractivity contribution in [2.24, 2.45) is 0 Å². The van der Waals surface area contributed by atoms with Gasteiger partial charge in [-0.1, -0.05) is 60.2 Å². The maximum Gasteiger partial charge on any atom is 0.240 e. The normalized spacial score (nSPS) is 10.8. The highest BCUT2D eigenvalue weighted by Crippen LogP contribution is 2.14. The molecule has 160 valence electrons. The second-order valence-corrected chi connectivity index (χ2v) is 7.78. The number of amides is 1. The Kier molecular flexibility index (Phi) is 5.94. The van der Waals surface area contributed by atoms with Crippen molar-refractivity contribution in [2.75, 3.05) is 0 Å². The van der Waals surface area contributed by atoms with Gasteiger partial charge < -0.3 is 9.88 Å². The third kappa shape index (κ3) is 4.49. The summed E-state index contributed by atoms with van der Waals surface area (Å²) in [5, 5.41) is 3.20. The molecule has 32 heavy (non-hydrogen) atoms. The molecule has 6 nitrogen and oxygen atoms in total. The van der Waals surface area contributed by atoms with Crippen molar-refractivity contribution in [3.8, 4) is 0 Å². The number of aromatic nitrogens is 2. The molecule has 0 atom stereocenters. The zero-order chi connectivity index (χ0) is 22.7. The van der Waals surface area contributed by atoms with Crippen molar-refractivity contribution >= 4 is 22.7 Å². The van der Waals surface area contributed by atoms with E-state index in [4.69, 9.17) is 0 Å². The Morgan fingerprint density at radius 3 is 2.38 bits per heavy atom. The van der Waals surface area contributed by atoms with Crippen LogP contribution in [0.25, 0.3) is 11.0 Å². The molecule has 0 aliphatic carbocycles. The largest absolute Gasteiger partial charge is 0.350 e. The molecule has 1 amide bonds. The fourth-order valence-corrected chi connectivity index (χ4v) is 3.50. The quantitative estimate of drug-likeness (QED) is 0.479. The van der Waals surface area contributed by atoms with Gasteiger partial charge in [-0.05, 0) is 31.5 Å². The van der Waals surface area contributed by atoms with Crippen LogP contribution in [0.3, 0.4) is 0 Å². The van der Waals surface area contributed by atoms with Gasteiger partial charge in [0.1, 0.15) is 12.2 Å². The number of aryl methyl sites for hydroxylation is 2. The summed E-state index contributed by atoms with van der Waals surface area (Å²) >= 11 is 0. The van der Waals surface area contributed by atoms with E-state index >= 15 is 0 Å². The van der Waals surface area contributed by atoms with Gasteiger partial charge in [-0.15, -0.1) is 0 Å². The second-order valence-electron chi connectivity index (χ2n) is 7.78. The maximum absolute atomic E-state index is 13.1. The molecule has 0 spiro atoms. The lowest BCUT2D eigenvalue weighted by atomic mass is 10.0.